The molecule has 0 aromatic heterocycles. The van der Waals surface area contributed by atoms with Gasteiger partial charge >= 0.3 is 5.97 Å². The van der Waals surface area contributed by atoms with E-state index in [1.54, 1.807) is 0 Å². The van der Waals surface area contributed by atoms with Crippen LogP contribution in [0.2, 0.25) is 0 Å². The number of rotatable bonds is 3. The van der Waals surface area contributed by atoms with E-state index in [4.69, 9.17) is 5.73 Å². The summed E-state index contributed by atoms with van der Waals surface area (Å²) in [6, 6.07) is -0.249. The van der Waals surface area contributed by atoms with Gasteiger partial charge in [-0.3, -0.25) is 9.59 Å². The number of nitrogens with one attached hydrogen (secondary N) is 1. The maximum atomic E-state index is 12.3. The molecule has 1 amide bonds. The summed E-state index contributed by atoms with van der Waals surface area (Å²) < 4.78 is 0. The molecule has 4 N–H and O–H groups in total. The Morgan fingerprint density at radius 1 is 1.05 bits per heavy atom. The van der Waals surface area contributed by atoms with E-state index in [9.17, 15) is 14.7 Å². The third-order valence-electron chi connectivity index (χ3n) is 4.60. The zero-order valence-corrected chi connectivity index (χ0v) is 11.4. The molecule has 0 bridgehead atoms. The summed E-state index contributed by atoms with van der Waals surface area (Å²) in [5.74, 6) is -1.41. The van der Waals surface area contributed by atoms with Crippen LogP contribution in [0.4, 0.5) is 0 Å². The fourth-order valence-corrected chi connectivity index (χ4v) is 3.32. The van der Waals surface area contributed by atoms with Crippen molar-refractivity contribution in [2.75, 3.05) is 0 Å². The van der Waals surface area contributed by atoms with Crippen LogP contribution < -0.4 is 11.1 Å². The number of nitrogens with two attached hydrogens (primary N) is 1. The maximum Gasteiger partial charge on any atom is 0.308 e. The van der Waals surface area contributed by atoms with Gasteiger partial charge in [0.25, 0.3) is 0 Å². The molecule has 5 nitrogen and oxygen atoms in total. The monoisotopic (exact) mass is 268 g/mol. The van der Waals surface area contributed by atoms with E-state index < -0.39 is 17.4 Å². The number of hydrogen-bond acceptors (Lipinski definition) is 3. The van der Waals surface area contributed by atoms with Crippen molar-refractivity contribution < 1.29 is 14.7 Å². The first-order chi connectivity index (χ1) is 9.03. The lowest BCUT2D eigenvalue weighted by Crippen LogP contribution is -2.59. The highest BCUT2D eigenvalue weighted by Gasteiger charge is 2.39. The zero-order chi connectivity index (χ0) is 13.9. The molecule has 2 unspecified atom stereocenters. The van der Waals surface area contributed by atoms with Gasteiger partial charge in [-0.15, -0.1) is 0 Å². The van der Waals surface area contributed by atoms with Crippen LogP contribution in [0.5, 0.6) is 0 Å². The summed E-state index contributed by atoms with van der Waals surface area (Å²) in [4.78, 5) is 23.5. The van der Waals surface area contributed by atoms with Gasteiger partial charge in [-0.05, 0) is 25.7 Å². The minimum Gasteiger partial charge on any atom is -0.481 e. The SMILES string of the molecule is NC1(C(=O)NC2CCCCC2C(=O)O)CCCCC1. The predicted octanol–water partition coefficient (Wildman–Crippen LogP) is 1.41. The van der Waals surface area contributed by atoms with Gasteiger partial charge in [0, 0.05) is 6.04 Å². The van der Waals surface area contributed by atoms with E-state index in [2.05, 4.69) is 5.32 Å². The Kier molecular flexibility index (Phi) is 4.45. The molecule has 2 atom stereocenters. The summed E-state index contributed by atoms with van der Waals surface area (Å²) in [7, 11) is 0. The number of amides is 1. The average molecular weight is 268 g/mol. The molecule has 0 heterocycles. The Morgan fingerprint density at radius 2 is 1.68 bits per heavy atom. The molecule has 0 aliphatic heterocycles. The van der Waals surface area contributed by atoms with Crippen molar-refractivity contribution in [2.45, 2.75) is 69.4 Å². The summed E-state index contributed by atoms with van der Waals surface area (Å²) in [5, 5.41) is 12.1. The molecular weight excluding hydrogens is 244 g/mol. The van der Waals surface area contributed by atoms with E-state index in [1.165, 1.54) is 0 Å². The third kappa shape index (κ3) is 3.26. The van der Waals surface area contributed by atoms with Crippen molar-refractivity contribution in [3.05, 3.63) is 0 Å². The van der Waals surface area contributed by atoms with Crippen LogP contribution in [-0.2, 0) is 9.59 Å². The second-order valence-electron chi connectivity index (χ2n) is 6.03. The second-order valence-corrected chi connectivity index (χ2v) is 6.03. The number of carboxylic acids is 1. The number of carboxylic acid groups (broad SMARTS) is 1. The van der Waals surface area contributed by atoms with Gasteiger partial charge < -0.3 is 16.2 Å². The molecule has 0 aromatic rings. The zero-order valence-electron chi connectivity index (χ0n) is 11.4. The van der Waals surface area contributed by atoms with Crippen molar-refractivity contribution in [2.24, 2.45) is 11.7 Å². The van der Waals surface area contributed by atoms with Crippen LogP contribution in [0, 0.1) is 5.92 Å². The van der Waals surface area contributed by atoms with Crippen molar-refractivity contribution >= 4 is 11.9 Å². The van der Waals surface area contributed by atoms with Crippen LogP contribution in [-0.4, -0.2) is 28.6 Å². The molecule has 108 valence electrons. The quantitative estimate of drug-likeness (QED) is 0.721. The van der Waals surface area contributed by atoms with E-state index in [0.29, 0.717) is 19.3 Å². The van der Waals surface area contributed by atoms with Gasteiger partial charge in [-0.25, -0.2) is 0 Å². The van der Waals surface area contributed by atoms with Crippen molar-refractivity contribution in [3.63, 3.8) is 0 Å². The van der Waals surface area contributed by atoms with Gasteiger partial charge in [-0.2, -0.15) is 0 Å². The minimum absolute atomic E-state index is 0.148. The third-order valence-corrected chi connectivity index (χ3v) is 4.60. The van der Waals surface area contributed by atoms with Crippen LogP contribution >= 0.6 is 0 Å². The Bertz CT molecular complexity index is 351. The molecule has 2 fully saturated rings. The number of carbonyl (C=O) groups excluding carboxylic acids is 1. The lowest BCUT2D eigenvalue weighted by Gasteiger charge is -2.36. The Balaban J connectivity index is 1.98. The standard InChI is InChI=1S/C14H24N2O3/c15-14(8-4-1-5-9-14)13(19)16-11-7-3-2-6-10(11)12(17)18/h10-11H,1-9,15H2,(H,16,19)(H,17,18). The fourth-order valence-electron chi connectivity index (χ4n) is 3.32. The minimum atomic E-state index is -0.806. The first-order valence-electron chi connectivity index (χ1n) is 7.35. The number of hydrogen-bond donors (Lipinski definition) is 3. The topological polar surface area (TPSA) is 92.4 Å². The van der Waals surface area contributed by atoms with Crippen LogP contribution in [0.3, 0.4) is 0 Å². The maximum absolute atomic E-state index is 12.3. The molecule has 2 saturated carbocycles. The van der Waals surface area contributed by atoms with Crippen molar-refractivity contribution in [1.82, 2.24) is 5.32 Å². The summed E-state index contributed by atoms with van der Waals surface area (Å²) in [6.07, 6.45) is 7.83. The molecule has 2 aliphatic rings. The fraction of sp³-hybridized carbons (Fsp3) is 0.857. The summed E-state index contributed by atoms with van der Waals surface area (Å²) in [5.41, 5.74) is 5.40. The molecule has 2 rings (SSSR count). The first kappa shape index (κ1) is 14.3. The number of carbonyl (C=O) groups is 2. The van der Waals surface area contributed by atoms with Gasteiger partial charge in [-0.1, -0.05) is 32.1 Å². The van der Waals surface area contributed by atoms with E-state index in [1.807, 2.05) is 0 Å². The highest BCUT2D eigenvalue weighted by atomic mass is 16.4. The molecular formula is C14H24N2O3. The van der Waals surface area contributed by atoms with Crippen LogP contribution in [0.15, 0.2) is 0 Å². The largest absolute Gasteiger partial charge is 0.481 e. The molecule has 0 spiro atoms. The van der Waals surface area contributed by atoms with E-state index in [0.717, 1.165) is 38.5 Å². The van der Waals surface area contributed by atoms with Gasteiger partial charge in [0.15, 0.2) is 0 Å². The highest BCUT2D eigenvalue weighted by Crippen LogP contribution is 2.28. The molecule has 0 aromatic carbocycles. The Morgan fingerprint density at radius 3 is 2.32 bits per heavy atom. The van der Waals surface area contributed by atoms with Crippen LogP contribution in [0.25, 0.3) is 0 Å². The van der Waals surface area contributed by atoms with Crippen molar-refractivity contribution in [3.8, 4) is 0 Å². The molecule has 5 heteroatoms. The Hall–Kier alpha value is -1.10. The summed E-state index contributed by atoms with van der Waals surface area (Å²) in [6.45, 7) is 0. The first-order valence-corrected chi connectivity index (χ1v) is 7.35. The second kappa shape index (κ2) is 5.90. The number of aliphatic carboxylic acids is 1. The van der Waals surface area contributed by atoms with E-state index >= 15 is 0 Å². The molecule has 19 heavy (non-hydrogen) atoms. The van der Waals surface area contributed by atoms with E-state index in [-0.39, 0.29) is 11.9 Å². The predicted molar refractivity (Wildman–Crippen MR) is 71.5 cm³/mol. The van der Waals surface area contributed by atoms with Crippen LogP contribution in [0.1, 0.15) is 57.8 Å². The molecule has 0 saturated heterocycles. The van der Waals surface area contributed by atoms with Gasteiger partial charge in [0.05, 0.1) is 11.5 Å². The summed E-state index contributed by atoms with van der Waals surface area (Å²) >= 11 is 0. The Labute approximate surface area is 113 Å². The lowest BCUT2D eigenvalue weighted by molar-refractivity contribution is -0.144. The highest BCUT2D eigenvalue weighted by molar-refractivity contribution is 5.87. The molecule has 2 aliphatic carbocycles. The molecule has 0 radical (unpaired) electrons. The van der Waals surface area contributed by atoms with Gasteiger partial charge in [0.2, 0.25) is 5.91 Å². The normalized spacial score (nSPS) is 30.6. The average Bonchev–Trinajstić information content (AvgIpc) is 2.40. The lowest BCUT2D eigenvalue weighted by atomic mass is 9.80. The van der Waals surface area contributed by atoms with Crippen molar-refractivity contribution in [1.29, 1.82) is 0 Å². The smallest absolute Gasteiger partial charge is 0.308 e. The van der Waals surface area contributed by atoms with Gasteiger partial charge in [0.1, 0.15) is 0 Å².